The van der Waals surface area contributed by atoms with E-state index in [4.69, 9.17) is 0 Å². The van der Waals surface area contributed by atoms with Gasteiger partial charge in [-0.05, 0) is 109 Å². The molecule has 3 aromatic heterocycles. The summed E-state index contributed by atoms with van der Waals surface area (Å²) in [5.74, 6) is 0. The molecule has 0 saturated carbocycles. The number of nitro groups is 3. The van der Waals surface area contributed by atoms with Gasteiger partial charge in [-0.15, -0.1) is 0 Å². The first-order chi connectivity index (χ1) is 36.7. The summed E-state index contributed by atoms with van der Waals surface area (Å²) in [6, 6.07) is 68.7. The number of nitrogens with one attached hydrogen (secondary N) is 3. The number of rotatable bonds is 12. The van der Waals surface area contributed by atoms with Gasteiger partial charge in [-0.25, -0.2) is 0 Å². The molecule has 10 aromatic carbocycles. The predicted molar refractivity (Wildman–Crippen MR) is 299 cm³/mol. The third-order valence-corrected chi connectivity index (χ3v) is 13.8. The van der Waals surface area contributed by atoms with E-state index in [1.807, 2.05) is 182 Å². The minimum Gasteiger partial charge on any atom is -0.344 e. The van der Waals surface area contributed by atoms with E-state index in [9.17, 15) is 30.3 Å². The molecule has 0 saturated heterocycles. The number of hydrogen-bond donors (Lipinski definition) is 3. The summed E-state index contributed by atoms with van der Waals surface area (Å²) < 4.78 is 6.28. The fourth-order valence-corrected chi connectivity index (χ4v) is 10.8. The average molecular weight is 982 g/mol. The second-order valence-corrected chi connectivity index (χ2v) is 18.1. The first kappa shape index (κ1) is 44.2. The Hall–Kier alpha value is -10.8. The number of anilines is 6. The Labute approximate surface area is 425 Å². The van der Waals surface area contributed by atoms with Crippen molar-refractivity contribution in [3.63, 3.8) is 0 Å². The van der Waals surface area contributed by atoms with Crippen LogP contribution >= 0.6 is 0 Å². The van der Waals surface area contributed by atoms with Crippen LogP contribution in [0.5, 0.6) is 0 Å². The Balaban J connectivity index is 1.04. The molecule has 13 rings (SSSR count). The Bertz CT molecular complexity index is 4020. The lowest BCUT2D eigenvalue weighted by molar-refractivity contribution is -0.399. The van der Waals surface area contributed by atoms with Crippen molar-refractivity contribution in [1.82, 2.24) is 13.7 Å². The normalized spacial score (nSPS) is 11.5. The van der Waals surface area contributed by atoms with E-state index in [0.717, 1.165) is 82.5 Å². The van der Waals surface area contributed by atoms with Crippen molar-refractivity contribution in [3.05, 3.63) is 249 Å². The summed E-state index contributed by atoms with van der Waals surface area (Å²) in [6.07, 6.45) is 0. The van der Waals surface area contributed by atoms with Crippen LogP contribution in [0.15, 0.2) is 218 Å². The van der Waals surface area contributed by atoms with Gasteiger partial charge >= 0.3 is 17.1 Å². The zero-order valence-electron chi connectivity index (χ0n) is 39.4. The van der Waals surface area contributed by atoms with Crippen LogP contribution in [0, 0.1) is 30.3 Å². The fraction of sp³-hybridized carbons (Fsp3) is 0. The van der Waals surface area contributed by atoms with E-state index < -0.39 is 48.9 Å². The average Bonchev–Trinajstić information content (AvgIpc) is 4.12. The van der Waals surface area contributed by atoms with Crippen LogP contribution in [0.4, 0.5) is 51.2 Å². The minimum atomic E-state index is -0.904. The standard InChI is InChI=1S/C60H39N9O6/c70-67(71)58-55(61-37-28-31-52-46(34-37)43-22-10-13-25-49(43)64(52)40-16-4-1-5-17-40)59(68(72)73)57(63-39-30-33-54-48(36-39)45-24-12-15-27-51(45)66(54)42-20-8-3-9-21-42)60(69(74)75)56(58)62-38-29-32-53-47(35-38)44-23-11-14-26-50(44)65(53)41-18-6-2-7-19-41/h1-36,61-63H. The predicted octanol–water partition coefficient (Wildman–Crippen LogP) is 15.9. The van der Waals surface area contributed by atoms with Crippen molar-refractivity contribution in [2.24, 2.45) is 0 Å². The Kier molecular flexibility index (Phi) is 10.3. The molecule has 0 fully saturated rings. The van der Waals surface area contributed by atoms with Gasteiger partial charge in [0.05, 0.1) is 47.9 Å². The quantitative estimate of drug-likeness (QED) is 0.0793. The maximum atomic E-state index is 13.8. The van der Waals surface area contributed by atoms with Gasteiger partial charge in [-0.1, -0.05) is 109 Å². The van der Waals surface area contributed by atoms with Gasteiger partial charge in [0, 0.05) is 66.4 Å². The van der Waals surface area contributed by atoms with Crippen LogP contribution in [0.25, 0.3) is 82.5 Å². The lowest BCUT2D eigenvalue weighted by Crippen LogP contribution is -2.11. The number of hydrogen-bond acceptors (Lipinski definition) is 9. The second-order valence-electron chi connectivity index (χ2n) is 18.1. The molecule has 0 amide bonds. The molecule has 0 atom stereocenters. The van der Waals surface area contributed by atoms with Crippen molar-refractivity contribution in [3.8, 4) is 17.1 Å². The van der Waals surface area contributed by atoms with Crippen molar-refractivity contribution in [2.75, 3.05) is 16.0 Å². The molecule has 75 heavy (non-hydrogen) atoms. The first-order valence-corrected chi connectivity index (χ1v) is 24.0. The van der Waals surface area contributed by atoms with Gasteiger partial charge in [0.2, 0.25) is 17.1 Å². The molecule has 0 radical (unpaired) electrons. The Morgan fingerprint density at radius 2 is 0.520 bits per heavy atom. The molecule has 0 aliphatic heterocycles. The van der Waals surface area contributed by atoms with Gasteiger partial charge in [-0.3, -0.25) is 30.3 Å². The summed E-state index contributed by atoms with van der Waals surface area (Å²) in [4.78, 5) is 38.9. The van der Waals surface area contributed by atoms with Crippen molar-refractivity contribution < 1.29 is 14.8 Å². The minimum absolute atomic E-state index is 0.265. The highest BCUT2D eigenvalue weighted by Crippen LogP contribution is 2.55. The molecule has 0 spiro atoms. The van der Waals surface area contributed by atoms with Crippen LogP contribution in [0.3, 0.4) is 0 Å². The topological polar surface area (TPSA) is 180 Å². The lowest BCUT2D eigenvalue weighted by Gasteiger charge is -2.17. The van der Waals surface area contributed by atoms with Crippen molar-refractivity contribution in [1.29, 1.82) is 0 Å². The van der Waals surface area contributed by atoms with Gasteiger partial charge in [0.1, 0.15) is 0 Å². The molecule has 0 bridgehead atoms. The molecule has 0 aliphatic rings. The number of fused-ring (bicyclic) bond motifs is 9. The third kappa shape index (κ3) is 7.21. The van der Waals surface area contributed by atoms with E-state index in [1.54, 1.807) is 36.4 Å². The van der Waals surface area contributed by atoms with Gasteiger partial charge in [-0.2, -0.15) is 0 Å². The lowest BCUT2D eigenvalue weighted by atomic mass is 10.1. The van der Waals surface area contributed by atoms with Gasteiger partial charge < -0.3 is 29.7 Å². The van der Waals surface area contributed by atoms with E-state index in [0.29, 0.717) is 0 Å². The molecular formula is C60H39N9O6. The van der Waals surface area contributed by atoms with E-state index in [2.05, 4.69) is 29.7 Å². The molecule has 0 unspecified atom stereocenters. The van der Waals surface area contributed by atoms with Crippen LogP contribution in [-0.2, 0) is 0 Å². The summed E-state index contributed by atoms with van der Waals surface area (Å²) in [5.41, 5.74) is 4.22. The van der Waals surface area contributed by atoms with Crippen molar-refractivity contribution in [2.45, 2.75) is 0 Å². The summed E-state index contributed by atoms with van der Waals surface area (Å²) in [5, 5.41) is 55.4. The maximum Gasteiger partial charge on any atom is 0.330 e. The molecule has 0 aliphatic carbocycles. The molecule has 15 nitrogen and oxygen atoms in total. The Morgan fingerprint density at radius 1 is 0.280 bits per heavy atom. The van der Waals surface area contributed by atoms with E-state index >= 15 is 0 Å². The third-order valence-electron chi connectivity index (χ3n) is 13.8. The Morgan fingerprint density at radius 3 is 0.787 bits per heavy atom. The van der Waals surface area contributed by atoms with E-state index in [-0.39, 0.29) is 17.1 Å². The number of aromatic nitrogens is 3. The maximum absolute atomic E-state index is 13.8. The smallest absolute Gasteiger partial charge is 0.330 e. The van der Waals surface area contributed by atoms with Gasteiger partial charge in [0.25, 0.3) is 0 Å². The van der Waals surface area contributed by atoms with E-state index in [1.165, 1.54) is 0 Å². The molecule has 3 heterocycles. The number of nitrogens with zero attached hydrogens (tertiary/aromatic N) is 6. The van der Waals surface area contributed by atoms with Crippen LogP contribution in [0.2, 0.25) is 0 Å². The molecule has 3 N–H and O–H groups in total. The molecular weight excluding hydrogens is 943 g/mol. The highest BCUT2D eigenvalue weighted by Gasteiger charge is 2.43. The number of nitro benzene ring substituents is 3. The second kappa shape index (κ2) is 17.5. The van der Waals surface area contributed by atoms with Crippen LogP contribution < -0.4 is 16.0 Å². The first-order valence-electron chi connectivity index (χ1n) is 24.0. The molecule has 15 heteroatoms. The fourth-order valence-electron chi connectivity index (χ4n) is 10.8. The van der Waals surface area contributed by atoms with Gasteiger partial charge in [0.15, 0.2) is 0 Å². The number of para-hydroxylation sites is 6. The zero-order valence-corrected chi connectivity index (χ0v) is 39.4. The monoisotopic (exact) mass is 981 g/mol. The van der Waals surface area contributed by atoms with Crippen LogP contribution in [0.1, 0.15) is 0 Å². The van der Waals surface area contributed by atoms with Crippen molar-refractivity contribution >= 4 is 117 Å². The summed E-state index contributed by atoms with van der Waals surface area (Å²) in [7, 11) is 0. The van der Waals surface area contributed by atoms with Crippen LogP contribution in [-0.4, -0.2) is 28.5 Å². The number of benzene rings is 10. The molecule has 360 valence electrons. The summed E-state index contributed by atoms with van der Waals surface area (Å²) in [6.45, 7) is 0. The largest absolute Gasteiger partial charge is 0.344 e. The highest BCUT2D eigenvalue weighted by molar-refractivity contribution is 6.14. The molecule has 13 aromatic rings. The zero-order chi connectivity index (χ0) is 50.9. The summed E-state index contributed by atoms with van der Waals surface area (Å²) >= 11 is 0. The highest BCUT2D eigenvalue weighted by atomic mass is 16.6. The SMILES string of the molecule is O=[N+]([O-])c1c(Nc2ccc3c(c2)c2ccccc2n3-c2ccccc2)c([N+](=O)[O-])c(Nc2ccc3c(c2)c2ccccc2n3-c2ccccc2)c([N+](=O)[O-])c1Nc1ccc2c(c1)c1ccccc1n2-c1ccccc1.